The molecule has 0 spiro atoms. The Morgan fingerprint density at radius 1 is 1.54 bits per heavy atom. The molecule has 0 amide bonds. The van der Waals surface area contributed by atoms with E-state index in [9.17, 15) is 9.36 Å². The van der Waals surface area contributed by atoms with E-state index in [0.717, 1.165) is 0 Å². The van der Waals surface area contributed by atoms with Gasteiger partial charge in [-0.25, -0.2) is 4.79 Å². The van der Waals surface area contributed by atoms with Gasteiger partial charge in [0, 0.05) is 11.2 Å². The van der Waals surface area contributed by atoms with E-state index >= 15 is 0 Å². The van der Waals surface area contributed by atoms with Crippen LogP contribution in [0.2, 0.25) is 0 Å². The minimum Gasteiger partial charge on any atom is -0.462 e. The van der Waals surface area contributed by atoms with Gasteiger partial charge in [0.1, 0.15) is 6.61 Å². The van der Waals surface area contributed by atoms with Crippen LogP contribution in [-0.2, 0) is 14.1 Å². The van der Waals surface area contributed by atoms with Crippen LogP contribution < -0.4 is 0 Å². The summed E-state index contributed by atoms with van der Waals surface area (Å²) in [5, 5.41) is 0. The summed E-state index contributed by atoms with van der Waals surface area (Å²) in [6.07, 6.45) is 0. The first kappa shape index (κ1) is 12.4. The molecule has 0 aliphatic rings. The number of esters is 1. The summed E-state index contributed by atoms with van der Waals surface area (Å²) in [5.41, 5.74) is 0.282. The van der Waals surface area contributed by atoms with Crippen molar-refractivity contribution in [2.45, 2.75) is 19.5 Å². The van der Waals surface area contributed by atoms with Crippen molar-refractivity contribution in [3.05, 3.63) is 12.2 Å². The SMILES string of the molecule is C=C(C)C(=O)OCC(C)P(C)(C)=O. The lowest BCUT2D eigenvalue weighted by Crippen LogP contribution is -2.16. The van der Waals surface area contributed by atoms with E-state index in [1.54, 1.807) is 20.3 Å². The molecule has 0 bridgehead atoms. The molecule has 0 fully saturated rings. The Morgan fingerprint density at radius 2 is 2.00 bits per heavy atom. The zero-order valence-corrected chi connectivity index (χ0v) is 9.56. The number of hydrogen-bond donors (Lipinski definition) is 0. The molecule has 13 heavy (non-hydrogen) atoms. The Balaban J connectivity index is 3.98. The van der Waals surface area contributed by atoms with Crippen LogP contribution in [0.15, 0.2) is 12.2 Å². The fraction of sp³-hybridized carbons (Fsp3) is 0.667. The molecule has 0 rings (SSSR count). The van der Waals surface area contributed by atoms with E-state index in [0.29, 0.717) is 5.57 Å². The Morgan fingerprint density at radius 3 is 2.31 bits per heavy atom. The van der Waals surface area contributed by atoms with E-state index in [2.05, 4.69) is 6.58 Å². The Labute approximate surface area is 79.5 Å². The maximum absolute atomic E-state index is 11.5. The first-order valence-corrected chi connectivity index (χ1v) is 6.79. The van der Waals surface area contributed by atoms with Crippen molar-refractivity contribution in [2.24, 2.45) is 0 Å². The minimum atomic E-state index is -2.15. The van der Waals surface area contributed by atoms with Crippen LogP contribution in [0.4, 0.5) is 0 Å². The van der Waals surface area contributed by atoms with Crippen LogP contribution in [0.3, 0.4) is 0 Å². The third-order valence-corrected chi connectivity index (χ3v) is 4.14. The molecule has 0 radical (unpaired) electrons. The van der Waals surface area contributed by atoms with E-state index in [4.69, 9.17) is 4.74 Å². The van der Waals surface area contributed by atoms with Gasteiger partial charge in [-0.05, 0) is 20.3 Å². The predicted molar refractivity (Wildman–Crippen MR) is 54.7 cm³/mol. The van der Waals surface area contributed by atoms with Gasteiger partial charge < -0.3 is 9.30 Å². The van der Waals surface area contributed by atoms with Crippen molar-refractivity contribution in [3.8, 4) is 0 Å². The highest BCUT2D eigenvalue weighted by Gasteiger charge is 2.19. The lowest BCUT2D eigenvalue weighted by Gasteiger charge is -2.16. The molecular formula is C9H17O3P. The third kappa shape index (κ3) is 4.89. The van der Waals surface area contributed by atoms with Crippen LogP contribution in [0, 0.1) is 0 Å². The fourth-order valence-corrected chi connectivity index (χ4v) is 0.933. The summed E-state index contributed by atoms with van der Waals surface area (Å²) in [4.78, 5) is 11.0. The first-order chi connectivity index (χ1) is 5.75. The highest BCUT2D eigenvalue weighted by Crippen LogP contribution is 2.42. The monoisotopic (exact) mass is 204 g/mol. The topological polar surface area (TPSA) is 43.4 Å². The second kappa shape index (κ2) is 4.61. The average Bonchev–Trinajstić information content (AvgIpc) is 1.97. The van der Waals surface area contributed by atoms with E-state index in [-0.39, 0.29) is 12.3 Å². The van der Waals surface area contributed by atoms with Crippen molar-refractivity contribution in [1.29, 1.82) is 0 Å². The normalized spacial score (nSPS) is 13.5. The van der Waals surface area contributed by atoms with Gasteiger partial charge in [0.15, 0.2) is 0 Å². The van der Waals surface area contributed by atoms with Crippen LogP contribution in [0.25, 0.3) is 0 Å². The molecule has 0 N–H and O–H groups in total. The summed E-state index contributed by atoms with van der Waals surface area (Å²) in [6.45, 7) is 10.4. The van der Waals surface area contributed by atoms with Gasteiger partial charge in [0.05, 0.1) is 7.14 Å². The molecule has 0 aliphatic carbocycles. The molecule has 3 nitrogen and oxygen atoms in total. The number of carbonyl (C=O) groups excluding carboxylic acids is 1. The summed E-state index contributed by atoms with van der Waals surface area (Å²) in [7, 11) is -2.15. The zero-order chi connectivity index (χ0) is 10.6. The lowest BCUT2D eigenvalue weighted by atomic mass is 10.4. The standard InChI is InChI=1S/C9H17O3P/c1-7(2)9(10)12-6-8(3)13(4,5)11/h8H,1,6H2,2-5H3. The van der Waals surface area contributed by atoms with Crippen LogP contribution >= 0.6 is 7.14 Å². The molecule has 0 heterocycles. The molecule has 1 unspecified atom stereocenters. The maximum atomic E-state index is 11.5. The molecule has 1 atom stereocenters. The summed E-state index contributed by atoms with van der Waals surface area (Å²) in [6, 6.07) is 0. The number of rotatable bonds is 4. The predicted octanol–water partition coefficient (Wildman–Crippen LogP) is 2.12. The molecule has 4 heteroatoms. The second-order valence-corrected chi connectivity index (χ2v) is 7.41. The van der Waals surface area contributed by atoms with Crippen molar-refractivity contribution >= 4 is 13.1 Å². The van der Waals surface area contributed by atoms with Gasteiger partial charge in [-0.1, -0.05) is 13.5 Å². The Kier molecular flexibility index (Phi) is 4.41. The minimum absolute atomic E-state index is 0.0872. The molecular weight excluding hydrogens is 187 g/mol. The van der Waals surface area contributed by atoms with Crippen molar-refractivity contribution in [3.63, 3.8) is 0 Å². The van der Waals surface area contributed by atoms with E-state index in [1.807, 2.05) is 6.92 Å². The van der Waals surface area contributed by atoms with Crippen LogP contribution in [0.5, 0.6) is 0 Å². The molecule has 0 aliphatic heterocycles. The highest BCUT2D eigenvalue weighted by molar-refractivity contribution is 7.63. The maximum Gasteiger partial charge on any atom is 0.333 e. The van der Waals surface area contributed by atoms with Gasteiger partial charge in [-0.15, -0.1) is 0 Å². The molecule has 0 aromatic carbocycles. The first-order valence-electron chi connectivity index (χ1n) is 4.12. The number of ether oxygens (including phenoxy) is 1. The zero-order valence-electron chi connectivity index (χ0n) is 8.66. The Hall–Kier alpha value is -0.560. The molecule has 0 saturated heterocycles. The summed E-state index contributed by atoms with van der Waals surface area (Å²) in [5.74, 6) is -0.416. The summed E-state index contributed by atoms with van der Waals surface area (Å²) >= 11 is 0. The van der Waals surface area contributed by atoms with Crippen molar-refractivity contribution in [2.75, 3.05) is 19.9 Å². The number of hydrogen-bond acceptors (Lipinski definition) is 3. The van der Waals surface area contributed by atoms with Crippen LogP contribution in [-0.4, -0.2) is 31.6 Å². The van der Waals surface area contributed by atoms with Crippen LogP contribution in [0.1, 0.15) is 13.8 Å². The molecule has 0 aromatic rings. The highest BCUT2D eigenvalue weighted by atomic mass is 31.2. The quantitative estimate of drug-likeness (QED) is 0.400. The van der Waals surface area contributed by atoms with Gasteiger partial charge >= 0.3 is 5.97 Å². The molecule has 0 saturated carbocycles. The Bertz CT molecular complexity index is 252. The lowest BCUT2D eigenvalue weighted by molar-refractivity contribution is -0.138. The molecule has 0 aromatic heterocycles. The van der Waals surface area contributed by atoms with Gasteiger partial charge in [0.25, 0.3) is 0 Å². The van der Waals surface area contributed by atoms with Gasteiger partial charge in [-0.2, -0.15) is 0 Å². The van der Waals surface area contributed by atoms with E-state index < -0.39 is 13.1 Å². The number of carbonyl (C=O) groups is 1. The smallest absolute Gasteiger partial charge is 0.333 e. The largest absolute Gasteiger partial charge is 0.462 e. The van der Waals surface area contributed by atoms with Gasteiger partial charge in [-0.3, -0.25) is 0 Å². The second-order valence-electron chi connectivity index (χ2n) is 3.66. The molecule has 76 valence electrons. The van der Waals surface area contributed by atoms with Gasteiger partial charge in [0.2, 0.25) is 0 Å². The van der Waals surface area contributed by atoms with Crippen molar-refractivity contribution in [1.82, 2.24) is 0 Å². The average molecular weight is 204 g/mol. The summed E-state index contributed by atoms with van der Waals surface area (Å²) < 4.78 is 16.4. The van der Waals surface area contributed by atoms with E-state index in [1.165, 1.54) is 0 Å². The van der Waals surface area contributed by atoms with Crippen molar-refractivity contribution < 1.29 is 14.1 Å². The third-order valence-electron chi connectivity index (χ3n) is 1.87. The fourth-order valence-electron chi connectivity index (χ4n) is 0.499.